The van der Waals surface area contributed by atoms with Crippen molar-refractivity contribution >= 4 is 27.6 Å². The van der Waals surface area contributed by atoms with Crippen LogP contribution in [0.2, 0.25) is 0 Å². The Morgan fingerprint density at radius 1 is 1.41 bits per heavy atom. The molecule has 0 bridgehead atoms. The van der Waals surface area contributed by atoms with Crippen LogP contribution in [0.15, 0.2) is 22.7 Å². The second-order valence-corrected chi connectivity index (χ2v) is 4.12. The molecule has 94 valence electrons. The third-order valence-electron chi connectivity index (χ3n) is 1.95. The third kappa shape index (κ3) is 4.26. The summed E-state index contributed by atoms with van der Waals surface area (Å²) < 4.78 is 37.3. The smallest absolute Gasteiger partial charge is 0.416 e. The Labute approximate surface area is 104 Å². The SMILES string of the molecule is O=C(O)CCNc1ccc(C(F)(F)F)cc1Br. The molecule has 0 amide bonds. The molecular weight excluding hydrogens is 303 g/mol. The minimum atomic E-state index is -4.39. The van der Waals surface area contributed by atoms with Gasteiger partial charge in [-0.2, -0.15) is 13.2 Å². The van der Waals surface area contributed by atoms with Gasteiger partial charge in [0.05, 0.1) is 12.0 Å². The van der Waals surface area contributed by atoms with Gasteiger partial charge in [0, 0.05) is 16.7 Å². The van der Waals surface area contributed by atoms with Crippen molar-refractivity contribution in [3.63, 3.8) is 0 Å². The first-order valence-corrected chi connectivity index (χ1v) is 5.42. The number of carboxylic acid groups (broad SMARTS) is 1. The molecule has 0 spiro atoms. The lowest BCUT2D eigenvalue weighted by molar-refractivity contribution is -0.138. The lowest BCUT2D eigenvalue weighted by atomic mass is 10.2. The number of benzene rings is 1. The summed E-state index contributed by atoms with van der Waals surface area (Å²) in [4.78, 5) is 10.3. The number of alkyl halides is 3. The number of carbonyl (C=O) groups is 1. The molecule has 0 atom stereocenters. The van der Waals surface area contributed by atoms with Crippen LogP contribution in [0.5, 0.6) is 0 Å². The third-order valence-corrected chi connectivity index (χ3v) is 2.61. The first-order valence-electron chi connectivity index (χ1n) is 4.63. The molecule has 0 fully saturated rings. The fourth-order valence-electron chi connectivity index (χ4n) is 1.14. The highest BCUT2D eigenvalue weighted by Gasteiger charge is 2.30. The summed E-state index contributed by atoms with van der Waals surface area (Å²) in [5.41, 5.74) is -0.326. The molecule has 0 aliphatic carbocycles. The van der Waals surface area contributed by atoms with Crippen LogP contribution in [0.3, 0.4) is 0 Å². The summed E-state index contributed by atoms with van der Waals surface area (Å²) in [6, 6.07) is 3.14. The molecule has 1 aromatic carbocycles. The van der Waals surface area contributed by atoms with Crippen LogP contribution in [0.25, 0.3) is 0 Å². The van der Waals surface area contributed by atoms with Crippen LogP contribution in [-0.4, -0.2) is 17.6 Å². The lowest BCUT2D eigenvalue weighted by Gasteiger charge is -2.11. The number of hydrogen-bond donors (Lipinski definition) is 2. The van der Waals surface area contributed by atoms with Gasteiger partial charge in [0.15, 0.2) is 0 Å². The van der Waals surface area contributed by atoms with Crippen molar-refractivity contribution in [2.45, 2.75) is 12.6 Å². The summed E-state index contributed by atoms with van der Waals surface area (Å²) in [6.07, 6.45) is -4.49. The Morgan fingerprint density at radius 3 is 2.53 bits per heavy atom. The minimum Gasteiger partial charge on any atom is -0.481 e. The maximum atomic E-state index is 12.3. The van der Waals surface area contributed by atoms with E-state index in [1.54, 1.807) is 0 Å². The van der Waals surface area contributed by atoms with E-state index in [0.717, 1.165) is 12.1 Å². The van der Waals surface area contributed by atoms with Gasteiger partial charge in [-0.05, 0) is 34.1 Å². The normalized spacial score (nSPS) is 11.3. The van der Waals surface area contributed by atoms with Crippen molar-refractivity contribution in [2.24, 2.45) is 0 Å². The van der Waals surface area contributed by atoms with E-state index in [2.05, 4.69) is 21.2 Å². The predicted octanol–water partition coefficient (Wildman–Crippen LogP) is 3.35. The topological polar surface area (TPSA) is 49.3 Å². The number of halogens is 4. The van der Waals surface area contributed by atoms with Gasteiger partial charge in [0.2, 0.25) is 0 Å². The zero-order chi connectivity index (χ0) is 13.1. The number of aliphatic carboxylic acids is 1. The monoisotopic (exact) mass is 311 g/mol. The second-order valence-electron chi connectivity index (χ2n) is 3.26. The Bertz CT molecular complexity index is 421. The number of carboxylic acids is 1. The van der Waals surface area contributed by atoms with Gasteiger partial charge in [-0.15, -0.1) is 0 Å². The van der Waals surface area contributed by atoms with Crippen LogP contribution < -0.4 is 5.32 Å². The standard InChI is InChI=1S/C10H9BrF3NO2/c11-7-5-6(10(12,13)14)1-2-8(7)15-4-3-9(16)17/h1-2,5,15H,3-4H2,(H,16,17). The molecule has 0 saturated carbocycles. The van der Waals surface area contributed by atoms with Gasteiger partial charge in [-0.3, -0.25) is 4.79 Å². The highest BCUT2D eigenvalue weighted by Crippen LogP contribution is 2.33. The molecule has 0 aromatic heterocycles. The quantitative estimate of drug-likeness (QED) is 0.896. The number of nitrogens with one attached hydrogen (secondary N) is 1. The Kier molecular flexibility index (Phi) is 4.39. The van der Waals surface area contributed by atoms with E-state index >= 15 is 0 Å². The van der Waals surface area contributed by atoms with Crippen molar-refractivity contribution in [3.05, 3.63) is 28.2 Å². The zero-order valence-electron chi connectivity index (χ0n) is 8.51. The first-order chi connectivity index (χ1) is 7.80. The molecule has 7 heteroatoms. The molecule has 0 aliphatic heterocycles. The Hall–Kier alpha value is -1.24. The summed E-state index contributed by atoms with van der Waals surface area (Å²) in [5, 5.41) is 11.1. The van der Waals surface area contributed by atoms with Crippen LogP contribution in [0, 0.1) is 0 Å². The maximum Gasteiger partial charge on any atom is 0.416 e. The summed E-state index contributed by atoms with van der Waals surface area (Å²) in [7, 11) is 0. The highest BCUT2D eigenvalue weighted by molar-refractivity contribution is 9.10. The van der Waals surface area contributed by atoms with Crippen molar-refractivity contribution in [1.29, 1.82) is 0 Å². The van der Waals surface area contributed by atoms with Gasteiger partial charge in [-0.1, -0.05) is 0 Å². The van der Waals surface area contributed by atoms with Crippen molar-refractivity contribution in [3.8, 4) is 0 Å². The van der Waals surface area contributed by atoms with Crippen LogP contribution in [0.1, 0.15) is 12.0 Å². The summed E-state index contributed by atoms with van der Waals surface area (Å²) >= 11 is 3.00. The van der Waals surface area contributed by atoms with Gasteiger partial charge in [0.1, 0.15) is 0 Å². The van der Waals surface area contributed by atoms with Crippen molar-refractivity contribution in [2.75, 3.05) is 11.9 Å². The molecule has 17 heavy (non-hydrogen) atoms. The number of anilines is 1. The van der Waals surface area contributed by atoms with E-state index < -0.39 is 17.7 Å². The summed E-state index contributed by atoms with van der Waals surface area (Å²) in [6.45, 7) is 0.152. The Morgan fingerprint density at radius 2 is 2.06 bits per heavy atom. The van der Waals surface area contributed by atoms with E-state index in [1.165, 1.54) is 6.07 Å². The maximum absolute atomic E-state index is 12.3. The van der Waals surface area contributed by atoms with Gasteiger partial charge < -0.3 is 10.4 Å². The van der Waals surface area contributed by atoms with Gasteiger partial charge >= 0.3 is 12.1 Å². The zero-order valence-corrected chi connectivity index (χ0v) is 10.1. The number of hydrogen-bond acceptors (Lipinski definition) is 2. The molecule has 3 nitrogen and oxygen atoms in total. The predicted molar refractivity (Wildman–Crippen MR) is 59.9 cm³/mol. The summed E-state index contributed by atoms with van der Waals surface area (Å²) in [5.74, 6) is -0.972. The Balaban J connectivity index is 2.73. The van der Waals surface area contributed by atoms with Crippen LogP contribution in [-0.2, 0) is 11.0 Å². The van der Waals surface area contributed by atoms with E-state index in [-0.39, 0.29) is 17.4 Å². The van der Waals surface area contributed by atoms with E-state index in [0.29, 0.717) is 5.69 Å². The average molecular weight is 312 g/mol. The average Bonchev–Trinajstić information content (AvgIpc) is 2.18. The van der Waals surface area contributed by atoms with Crippen LogP contribution >= 0.6 is 15.9 Å². The van der Waals surface area contributed by atoms with Gasteiger partial charge in [-0.25, -0.2) is 0 Å². The molecule has 1 aromatic rings. The molecule has 0 aliphatic rings. The largest absolute Gasteiger partial charge is 0.481 e. The van der Waals surface area contributed by atoms with Crippen molar-refractivity contribution < 1.29 is 23.1 Å². The minimum absolute atomic E-state index is 0.104. The van der Waals surface area contributed by atoms with Crippen LogP contribution in [0.4, 0.5) is 18.9 Å². The molecule has 0 unspecified atom stereocenters. The molecule has 0 radical (unpaired) electrons. The number of rotatable bonds is 4. The van der Waals surface area contributed by atoms with E-state index in [4.69, 9.17) is 5.11 Å². The fourth-order valence-corrected chi connectivity index (χ4v) is 1.66. The lowest BCUT2D eigenvalue weighted by Crippen LogP contribution is -2.09. The molecule has 0 saturated heterocycles. The molecule has 2 N–H and O–H groups in total. The first kappa shape index (κ1) is 13.8. The van der Waals surface area contributed by atoms with E-state index in [1.807, 2.05) is 0 Å². The fraction of sp³-hybridized carbons (Fsp3) is 0.300. The molecular formula is C10H9BrF3NO2. The molecule has 1 rings (SSSR count). The van der Waals surface area contributed by atoms with E-state index in [9.17, 15) is 18.0 Å². The molecule has 0 heterocycles. The van der Waals surface area contributed by atoms with Crippen molar-refractivity contribution in [1.82, 2.24) is 0 Å². The van der Waals surface area contributed by atoms with Gasteiger partial charge in [0.25, 0.3) is 0 Å². The highest BCUT2D eigenvalue weighted by atomic mass is 79.9. The second kappa shape index (κ2) is 5.39.